The fraction of sp³-hybridized carbons (Fsp3) is 0.647. The van der Waals surface area contributed by atoms with Crippen molar-refractivity contribution in [1.29, 1.82) is 0 Å². The lowest BCUT2D eigenvalue weighted by atomic mass is 9.76. The van der Waals surface area contributed by atoms with Gasteiger partial charge < -0.3 is 10.5 Å². The number of benzene rings is 1. The van der Waals surface area contributed by atoms with Crippen LogP contribution in [-0.4, -0.2) is 6.10 Å². The number of hydrogen-bond acceptors (Lipinski definition) is 2. The van der Waals surface area contributed by atoms with Gasteiger partial charge in [0.1, 0.15) is 5.75 Å². The molecule has 0 radical (unpaired) electrons. The zero-order valence-electron chi connectivity index (χ0n) is 12.5. The van der Waals surface area contributed by atoms with E-state index in [0.717, 1.165) is 30.6 Å². The number of ether oxygens (including phenoxy) is 1. The Morgan fingerprint density at radius 2 is 1.89 bits per heavy atom. The minimum Gasteiger partial charge on any atom is -0.490 e. The van der Waals surface area contributed by atoms with Gasteiger partial charge in [-0.25, -0.2) is 0 Å². The van der Waals surface area contributed by atoms with Crippen molar-refractivity contribution in [2.45, 2.75) is 65.0 Å². The maximum atomic E-state index is 6.22. The highest BCUT2D eigenvalue weighted by Gasteiger charge is 2.28. The lowest BCUT2D eigenvalue weighted by Gasteiger charge is -2.34. The van der Waals surface area contributed by atoms with Crippen LogP contribution in [0, 0.1) is 5.41 Å². The largest absolute Gasteiger partial charge is 0.490 e. The molecule has 1 atom stereocenters. The van der Waals surface area contributed by atoms with Gasteiger partial charge in [0.05, 0.1) is 6.10 Å². The second-order valence-electron chi connectivity index (χ2n) is 6.53. The van der Waals surface area contributed by atoms with E-state index in [-0.39, 0.29) is 6.04 Å². The van der Waals surface area contributed by atoms with Crippen molar-refractivity contribution < 1.29 is 4.74 Å². The van der Waals surface area contributed by atoms with Crippen molar-refractivity contribution in [3.63, 3.8) is 0 Å². The van der Waals surface area contributed by atoms with Gasteiger partial charge in [0.15, 0.2) is 0 Å². The normalized spacial score (nSPS) is 21.1. The predicted octanol–water partition coefficient (Wildman–Crippen LogP) is 4.44. The van der Waals surface area contributed by atoms with Crippen LogP contribution in [-0.2, 0) is 0 Å². The first-order chi connectivity index (χ1) is 9.02. The van der Waals surface area contributed by atoms with Gasteiger partial charge in [-0.1, -0.05) is 39.0 Å². The van der Waals surface area contributed by atoms with Gasteiger partial charge >= 0.3 is 0 Å². The molecule has 0 amide bonds. The quantitative estimate of drug-likeness (QED) is 0.869. The molecule has 1 fully saturated rings. The molecule has 2 heteroatoms. The molecule has 2 rings (SSSR count). The highest BCUT2D eigenvalue weighted by atomic mass is 16.5. The molecule has 0 aliphatic heterocycles. The van der Waals surface area contributed by atoms with Gasteiger partial charge in [-0.15, -0.1) is 0 Å². The molecule has 1 aromatic rings. The summed E-state index contributed by atoms with van der Waals surface area (Å²) in [7, 11) is 0. The van der Waals surface area contributed by atoms with Crippen LogP contribution < -0.4 is 10.5 Å². The van der Waals surface area contributed by atoms with E-state index in [1.54, 1.807) is 0 Å². The molecular weight excluding hydrogens is 234 g/mol. The third kappa shape index (κ3) is 3.73. The second kappa shape index (κ2) is 5.96. The number of para-hydroxylation sites is 1. The molecule has 1 aliphatic carbocycles. The molecule has 1 aliphatic rings. The van der Waals surface area contributed by atoms with Crippen molar-refractivity contribution in [1.82, 2.24) is 0 Å². The highest BCUT2D eigenvalue weighted by molar-refractivity contribution is 5.35. The monoisotopic (exact) mass is 261 g/mol. The first-order valence-electron chi connectivity index (χ1n) is 7.53. The van der Waals surface area contributed by atoms with Crippen molar-refractivity contribution in [3.8, 4) is 5.75 Å². The summed E-state index contributed by atoms with van der Waals surface area (Å²) in [5, 5.41) is 0. The molecule has 106 valence electrons. The molecule has 19 heavy (non-hydrogen) atoms. The van der Waals surface area contributed by atoms with E-state index in [0.29, 0.717) is 11.5 Å². The second-order valence-corrected chi connectivity index (χ2v) is 6.53. The predicted molar refractivity (Wildman–Crippen MR) is 80.3 cm³/mol. The average Bonchev–Trinajstić information content (AvgIpc) is 2.41. The molecule has 0 heterocycles. The molecule has 0 unspecified atom stereocenters. The van der Waals surface area contributed by atoms with E-state index < -0.39 is 0 Å². The van der Waals surface area contributed by atoms with E-state index >= 15 is 0 Å². The molecule has 1 saturated carbocycles. The Hall–Kier alpha value is -1.02. The SMILES string of the molecule is CC[C@@H](N)c1ccccc1OC1CCC(C)(C)CC1. The third-order valence-electron chi connectivity index (χ3n) is 4.34. The summed E-state index contributed by atoms with van der Waals surface area (Å²) >= 11 is 0. The number of rotatable bonds is 4. The molecule has 0 saturated heterocycles. The van der Waals surface area contributed by atoms with Crippen LogP contribution in [0.1, 0.15) is 64.5 Å². The first-order valence-corrected chi connectivity index (χ1v) is 7.53. The first kappa shape index (κ1) is 14.4. The maximum Gasteiger partial charge on any atom is 0.124 e. The average molecular weight is 261 g/mol. The Bertz CT molecular complexity index is 403. The Balaban J connectivity index is 2.04. The number of hydrogen-bond donors (Lipinski definition) is 1. The van der Waals surface area contributed by atoms with E-state index in [1.165, 1.54) is 12.8 Å². The zero-order valence-corrected chi connectivity index (χ0v) is 12.5. The van der Waals surface area contributed by atoms with Gasteiger partial charge in [-0.2, -0.15) is 0 Å². The zero-order chi connectivity index (χ0) is 13.9. The van der Waals surface area contributed by atoms with Crippen LogP contribution in [0.25, 0.3) is 0 Å². The molecule has 0 spiro atoms. The van der Waals surface area contributed by atoms with Crippen LogP contribution in [0.5, 0.6) is 5.75 Å². The topological polar surface area (TPSA) is 35.2 Å². The van der Waals surface area contributed by atoms with Crippen LogP contribution in [0.4, 0.5) is 0 Å². The third-order valence-corrected chi connectivity index (χ3v) is 4.34. The van der Waals surface area contributed by atoms with Crippen LogP contribution in [0.15, 0.2) is 24.3 Å². The Kier molecular flexibility index (Phi) is 4.51. The smallest absolute Gasteiger partial charge is 0.124 e. The van der Waals surface area contributed by atoms with Crippen molar-refractivity contribution in [2.75, 3.05) is 0 Å². The molecular formula is C17H27NO. The van der Waals surface area contributed by atoms with E-state index in [1.807, 2.05) is 12.1 Å². The summed E-state index contributed by atoms with van der Waals surface area (Å²) in [6, 6.07) is 8.31. The standard InChI is InChI=1S/C17H27NO/c1-4-15(18)14-7-5-6-8-16(14)19-13-9-11-17(2,3)12-10-13/h5-8,13,15H,4,9-12,18H2,1-3H3/t15-/m1/s1. The van der Waals surface area contributed by atoms with Crippen molar-refractivity contribution >= 4 is 0 Å². The summed E-state index contributed by atoms with van der Waals surface area (Å²) in [5.74, 6) is 0.988. The Morgan fingerprint density at radius 3 is 2.53 bits per heavy atom. The van der Waals surface area contributed by atoms with E-state index in [2.05, 4.69) is 32.9 Å². The summed E-state index contributed by atoms with van der Waals surface area (Å²) in [6.45, 7) is 6.82. The molecule has 1 aromatic carbocycles. The molecule has 0 aromatic heterocycles. The Labute approximate surface area is 117 Å². The van der Waals surface area contributed by atoms with Crippen LogP contribution in [0.3, 0.4) is 0 Å². The highest BCUT2D eigenvalue weighted by Crippen LogP contribution is 2.37. The number of nitrogens with two attached hydrogens (primary N) is 1. The van der Waals surface area contributed by atoms with Gasteiger partial charge in [-0.05, 0) is 43.6 Å². The lowest BCUT2D eigenvalue weighted by Crippen LogP contribution is -2.28. The summed E-state index contributed by atoms with van der Waals surface area (Å²) < 4.78 is 6.22. The molecule has 2 nitrogen and oxygen atoms in total. The minimum absolute atomic E-state index is 0.0798. The molecule has 2 N–H and O–H groups in total. The van der Waals surface area contributed by atoms with E-state index in [4.69, 9.17) is 10.5 Å². The van der Waals surface area contributed by atoms with Crippen molar-refractivity contribution in [3.05, 3.63) is 29.8 Å². The van der Waals surface area contributed by atoms with Crippen LogP contribution in [0.2, 0.25) is 0 Å². The fourth-order valence-electron chi connectivity index (χ4n) is 2.78. The minimum atomic E-state index is 0.0798. The van der Waals surface area contributed by atoms with Gasteiger partial charge in [0, 0.05) is 11.6 Å². The van der Waals surface area contributed by atoms with Crippen LogP contribution >= 0.6 is 0 Å². The lowest BCUT2D eigenvalue weighted by molar-refractivity contribution is 0.0976. The summed E-state index contributed by atoms with van der Waals surface area (Å²) in [5.41, 5.74) is 7.80. The van der Waals surface area contributed by atoms with Gasteiger partial charge in [0.25, 0.3) is 0 Å². The van der Waals surface area contributed by atoms with Crippen molar-refractivity contribution in [2.24, 2.45) is 11.1 Å². The van der Waals surface area contributed by atoms with Gasteiger partial charge in [-0.3, -0.25) is 0 Å². The van der Waals surface area contributed by atoms with E-state index in [9.17, 15) is 0 Å². The maximum absolute atomic E-state index is 6.22. The summed E-state index contributed by atoms with van der Waals surface area (Å²) in [6.07, 6.45) is 6.11. The summed E-state index contributed by atoms with van der Waals surface area (Å²) in [4.78, 5) is 0. The fourth-order valence-corrected chi connectivity index (χ4v) is 2.78. The van der Waals surface area contributed by atoms with Gasteiger partial charge in [0.2, 0.25) is 0 Å². The Morgan fingerprint density at radius 1 is 1.26 bits per heavy atom. The molecule has 0 bridgehead atoms.